The normalized spacial score (nSPS) is 51.2. The van der Waals surface area contributed by atoms with Gasteiger partial charge in [0.05, 0.1) is 17.8 Å². The first-order chi connectivity index (χ1) is 19.4. The summed E-state index contributed by atoms with van der Waals surface area (Å²) >= 11 is 0. The molecule has 0 aromatic rings. The quantitative estimate of drug-likeness (QED) is 0.373. The Morgan fingerprint density at radius 2 is 1.83 bits per heavy atom. The van der Waals surface area contributed by atoms with Crippen molar-refractivity contribution in [3.05, 3.63) is 11.6 Å². The lowest BCUT2D eigenvalue weighted by molar-refractivity contribution is -0.315. The van der Waals surface area contributed by atoms with Crippen molar-refractivity contribution in [2.24, 2.45) is 34.5 Å². The number of ether oxygens (including phenoxy) is 5. The van der Waals surface area contributed by atoms with E-state index in [4.69, 9.17) is 23.7 Å². The maximum absolute atomic E-state index is 12.5. The second kappa shape index (κ2) is 10.6. The van der Waals surface area contributed by atoms with Gasteiger partial charge in [-0.15, -0.1) is 0 Å². The number of aliphatic hydroxyl groups excluding tert-OH is 1. The van der Waals surface area contributed by atoms with Crippen molar-refractivity contribution in [2.45, 2.75) is 128 Å². The number of methoxy groups -OCH3 is 1. The molecule has 0 unspecified atom stereocenters. The van der Waals surface area contributed by atoms with Gasteiger partial charge in [-0.05, 0) is 99.4 Å². The number of cyclic esters (lactones) is 1. The van der Waals surface area contributed by atoms with Crippen LogP contribution in [0.15, 0.2) is 11.6 Å². The molecule has 41 heavy (non-hydrogen) atoms. The third kappa shape index (κ3) is 4.60. The monoisotopic (exact) mass is 576 g/mol. The van der Waals surface area contributed by atoms with Crippen LogP contribution in [0.5, 0.6) is 0 Å². The summed E-state index contributed by atoms with van der Waals surface area (Å²) in [5, 5.41) is 23.1. The summed E-state index contributed by atoms with van der Waals surface area (Å²) in [5.74, 6) is 0.650. The Morgan fingerprint density at radius 1 is 1.05 bits per heavy atom. The minimum absolute atomic E-state index is 0.0488. The number of carbonyl (C=O) groups is 2. The molecule has 6 aliphatic rings. The molecule has 4 saturated carbocycles. The van der Waals surface area contributed by atoms with Crippen molar-refractivity contribution < 1.29 is 43.5 Å². The number of rotatable bonds is 5. The molecule has 13 atom stereocenters. The highest BCUT2D eigenvalue weighted by Crippen LogP contribution is 2.70. The van der Waals surface area contributed by atoms with Crippen molar-refractivity contribution in [1.82, 2.24) is 0 Å². The van der Waals surface area contributed by atoms with Crippen molar-refractivity contribution >= 4 is 11.9 Å². The zero-order chi connectivity index (χ0) is 29.3. The smallest absolute Gasteiger partial charge is 0.331 e. The minimum atomic E-state index is -0.926. The Kier molecular flexibility index (Phi) is 7.62. The van der Waals surface area contributed by atoms with E-state index in [1.54, 1.807) is 13.0 Å². The molecule has 9 nitrogen and oxygen atoms in total. The van der Waals surface area contributed by atoms with E-state index >= 15 is 0 Å². The second-order valence-electron chi connectivity index (χ2n) is 14.3. The Hall–Kier alpha value is -1.52. The van der Waals surface area contributed by atoms with Crippen LogP contribution < -0.4 is 0 Å². The molecule has 6 rings (SSSR count). The first-order valence-electron chi connectivity index (χ1n) is 15.7. The number of aliphatic hydroxyl groups is 2. The molecule has 0 aromatic carbocycles. The predicted molar refractivity (Wildman–Crippen MR) is 147 cm³/mol. The molecule has 0 spiro atoms. The van der Waals surface area contributed by atoms with Gasteiger partial charge in [0.25, 0.3) is 0 Å². The predicted octanol–water partition coefficient (Wildman–Crippen LogP) is 3.68. The second-order valence-corrected chi connectivity index (χ2v) is 14.3. The van der Waals surface area contributed by atoms with Gasteiger partial charge in [-0.3, -0.25) is 4.79 Å². The van der Waals surface area contributed by atoms with E-state index in [0.717, 1.165) is 63.4 Å². The fourth-order valence-corrected chi connectivity index (χ4v) is 10.4. The number of esters is 2. The molecular weight excluding hydrogens is 528 g/mol. The third-order valence-electron chi connectivity index (χ3n) is 12.6. The average Bonchev–Trinajstić information content (AvgIpc) is 3.46. The van der Waals surface area contributed by atoms with Crippen LogP contribution in [-0.4, -0.2) is 78.3 Å². The topological polar surface area (TPSA) is 121 Å². The van der Waals surface area contributed by atoms with E-state index in [-0.39, 0.29) is 34.7 Å². The lowest BCUT2D eigenvalue weighted by atomic mass is 9.43. The van der Waals surface area contributed by atoms with Gasteiger partial charge in [0.15, 0.2) is 12.4 Å². The molecule has 1 saturated heterocycles. The van der Waals surface area contributed by atoms with Crippen LogP contribution in [0.3, 0.4) is 0 Å². The van der Waals surface area contributed by atoms with Gasteiger partial charge in [0.2, 0.25) is 0 Å². The number of hydrogen-bond donors (Lipinski definition) is 2. The lowest BCUT2D eigenvalue weighted by Crippen LogP contribution is -2.63. The van der Waals surface area contributed by atoms with Gasteiger partial charge in [-0.2, -0.15) is 0 Å². The Bertz CT molecular complexity index is 1080. The fraction of sp³-hybridized carbons (Fsp3) is 0.875. The molecule has 230 valence electrons. The van der Waals surface area contributed by atoms with E-state index in [0.29, 0.717) is 18.4 Å². The van der Waals surface area contributed by atoms with Crippen molar-refractivity contribution in [1.29, 1.82) is 0 Å². The molecule has 2 heterocycles. The molecule has 2 aliphatic heterocycles. The zero-order valence-electron chi connectivity index (χ0n) is 25.2. The van der Waals surface area contributed by atoms with Crippen LogP contribution in [0.2, 0.25) is 0 Å². The van der Waals surface area contributed by atoms with Crippen LogP contribution in [0.25, 0.3) is 0 Å². The van der Waals surface area contributed by atoms with E-state index in [9.17, 15) is 19.8 Å². The van der Waals surface area contributed by atoms with Gasteiger partial charge in [0, 0.05) is 25.5 Å². The fourth-order valence-electron chi connectivity index (χ4n) is 10.4. The van der Waals surface area contributed by atoms with Gasteiger partial charge in [-0.1, -0.05) is 13.8 Å². The van der Waals surface area contributed by atoms with Gasteiger partial charge < -0.3 is 33.9 Å². The van der Waals surface area contributed by atoms with Crippen LogP contribution >= 0.6 is 0 Å². The molecule has 0 amide bonds. The minimum Gasteiger partial charge on any atom is -0.458 e. The highest BCUT2D eigenvalue weighted by atomic mass is 16.7. The summed E-state index contributed by atoms with van der Waals surface area (Å²) in [6, 6.07) is 0. The van der Waals surface area contributed by atoms with Gasteiger partial charge >= 0.3 is 11.9 Å². The van der Waals surface area contributed by atoms with E-state index < -0.39 is 42.3 Å². The first kappa shape index (κ1) is 29.5. The molecule has 2 N–H and O–H groups in total. The maximum atomic E-state index is 12.5. The molecule has 4 aliphatic carbocycles. The molecular formula is C32H48O9. The molecule has 0 aromatic heterocycles. The standard InChI is InChI=1S/C32H48O9/c1-17-26(35)27(37-5)28(40-18(2)33)29(39-17)41-21-8-11-30(3)20(15-21)6-7-24-23(30)9-12-31(4)22(10-13-32(24,31)36)19-14-25(34)38-16-19/h14,17,20-24,26-29,35-36H,6-13,15-16H2,1-5H3/t17-,20-,21-,22-,23+,24-,26-,27+,28-,29+,30+,31-,32-/m1/s1. The summed E-state index contributed by atoms with van der Waals surface area (Å²) in [6.07, 6.45) is 6.35. The van der Waals surface area contributed by atoms with Crippen LogP contribution in [0.1, 0.15) is 85.5 Å². The van der Waals surface area contributed by atoms with Crippen molar-refractivity contribution in [3.63, 3.8) is 0 Å². The van der Waals surface area contributed by atoms with E-state index in [2.05, 4.69) is 13.8 Å². The SMILES string of the molecule is CO[C@H]1[C@H](O)[C@@H](C)O[C@@H](O[C@@H]2CC[C@@]3(C)[C@H](CC[C@@H]4[C@@H]3CC[C@]3(C)[C@@H](C5=CC(=O)OC5)CC[C@@]43O)C2)[C@@H]1OC(C)=O. The lowest BCUT2D eigenvalue weighted by Gasteiger charge is -2.64. The van der Waals surface area contributed by atoms with Gasteiger partial charge in [-0.25, -0.2) is 4.79 Å². The van der Waals surface area contributed by atoms with E-state index in [1.807, 2.05) is 0 Å². The summed E-state index contributed by atoms with van der Waals surface area (Å²) in [7, 11) is 1.50. The van der Waals surface area contributed by atoms with Crippen LogP contribution in [0.4, 0.5) is 0 Å². The molecule has 9 heteroatoms. The van der Waals surface area contributed by atoms with Crippen LogP contribution in [0, 0.1) is 34.5 Å². The summed E-state index contributed by atoms with van der Waals surface area (Å²) in [6.45, 7) is 8.19. The summed E-state index contributed by atoms with van der Waals surface area (Å²) in [4.78, 5) is 23.7. The zero-order valence-corrected chi connectivity index (χ0v) is 25.2. The van der Waals surface area contributed by atoms with Crippen LogP contribution in [-0.2, 0) is 33.3 Å². The highest BCUT2D eigenvalue weighted by molar-refractivity contribution is 5.85. The summed E-state index contributed by atoms with van der Waals surface area (Å²) < 4.78 is 28.9. The molecule has 0 radical (unpaired) electrons. The third-order valence-corrected chi connectivity index (χ3v) is 12.6. The largest absolute Gasteiger partial charge is 0.458 e. The Labute approximate surface area is 243 Å². The number of carbonyl (C=O) groups excluding carboxylic acids is 2. The average molecular weight is 577 g/mol. The summed E-state index contributed by atoms with van der Waals surface area (Å²) in [5.41, 5.74) is 0.221. The van der Waals surface area contributed by atoms with Gasteiger partial charge in [0.1, 0.15) is 18.8 Å². The van der Waals surface area contributed by atoms with Crippen molar-refractivity contribution in [3.8, 4) is 0 Å². The first-order valence-corrected chi connectivity index (χ1v) is 15.7. The maximum Gasteiger partial charge on any atom is 0.331 e. The molecule has 0 bridgehead atoms. The molecule has 5 fully saturated rings. The number of hydrogen-bond acceptors (Lipinski definition) is 9. The number of fused-ring (bicyclic) bond motifs is 5. The highest BCUT2D eigenvalue weighted by Gasteiger charge is 2.67. The Balaban J connectivity index is 1.16. The Morgan fingerprint density at radius 3 is 2.51 bits per heavy atom. The van der Waals surface area contributed by atoms with E-state index in [1.165, 1.54) is 14.0 Å². The van der Waals surface area contributed by atoms with Crippen molar-refractivity contribution in [2.75, 3.05) is 13.7 Å².